The van der Waals surface area contributed by atoms with Gasteiger partial charge in [0.05, 0.1) is 5.56 Å². The number of aromatic nitrogens is 3. The van der Waals surface area contributed by atoms with Gasteiger partial charge in [0.1, 0.15) is 10.8 Å². The molecule has 7 heteroatoms. The number of aryl methyl sites for hydroxylation is 3. The lowest BCUT2D eigenvalue weighted by atomic mass is 10.1. The lowest BCUT2D eigenvalue weighted by molar-refractivity contribution is 0.377. The van der Waals surface area contributed by atoms with Gasteiger partial charge >= 0.3 is 0 Å². The van der Waals surface area contributed by atoms with Gasteiger partial charge in [-0.2, -0.15) is 4.98 Å². The third kappa shape index (κ3) is 3.02. The van der Waals surface area contributed by atoms with Crippen LogP contribution < -0.4 is 11.1 Å². The number of nitrogens with two attached hydrogens (primary N) is 1. The first-order valence-corrected chi connectivity index (χ1v) is 7.40. The van der Waals surface area contributed by atoms with Crippen LogP contribution >= 0.6 is 12.2 Å². The summed E-state index contributed by atoms with van der Waals surface area (Å²) in [5.41, 5.74) is 9.02. The van der Waals surface area contributed by atoms with Crippen LogP contribution in [0.25, 0.3) is 0 Å². The largest absolute Gasteiger partial charge is 0.389 e. The van der Waals surface area contributed by atoms with Gasteiger partial charge in [-0.1, -0.05) is 17.4 Å². The molecule has 0 atom stereocenters. The van der Waals surface area contributed by atoms with Crippen molar-refractivity contribution in [2.75, 3.05) is 11.9 Å². The molecule has 0 spiro atoms. The quantitative estimate of drug-likeness (QED) is 0.810. The van der Waals surface area contributed by atoms with E-state index in [9.17, 15) is 0 Å². The molecule has 0 unspecified atom stereocenters. The number of nitrogens with one attached hydrogen (secondary N) is 1. The Kier molecular flexibility index (Phi) is 3.83. The minimum absolute atomic E-state index is 0.369. The van der Waals surface area contributed by atoms with Crippen LogP contribution in [0.1, 0.15) is 35.0 Å². The number of thiocarbonyl (C=S) groups is 1. The summed E-state index contributed by atoms with van der Waals surface area (Å²) >= 11 is 5.12. The van der Waals surface area contributed by atoms with E-state index < -0.39 is 0 Å². The van der Waals surface area contributed by atoms with Gasteiger partial charge in [-0.3, -0.25) is 0 Å². The zero-order chi connectivity index (χ0) is 14.8. The predicted octanol–water partition coefficient (Wildman–Crippen LogP) is 1.55. The monoisotopic (exact) mass is 303 g/mol. The van der Waals surface area contributed by atoms with Gasteiger partial charge in [-0.05, 0) is 37.8 Å². The Bertz CT molecular complexity index is 682. The van der Waals surface area contributed by atoms with Crippen LogP contribution in [0.15, 0.2) is 10.6 Å². The van der Waals surface area contributed by atoms with Gasteiger partial charge in [0.2, 0.25) is 5.89 Å². The van der Waals surface area contributed by atoms with E-state index in [0.29, 0.717) is 29.7 Å². The Morgan fingerprint density at radius 3 is 3.00 bits per heavy atom. The van der Waals surface area contributed by atoms with Crippen molar-refractivity contribution < 1.29 is 4.52 Å². The van der Waals surface area contributed by atoms with E-state index >= 15 is 0 Å². The van der Waals surface area contributed by atoms with Crippen molar-refractivity contribution in [2.24, 2.45) is 5.73 Å². The fourth-order valence-corrected chi connectivity index (χ4v) is 2.68. The van der Waals surface area contributed by atoms with Crippen LogP contribution in [0.3, 0.4) is 0 Å². The topological polar surface area (TPSA) is 89.9 Å². The van der Waals surface area contributed by atoms with Gasteiger partial charge < -0.3 is 15.6 Å². The fraction of sp³-hybridized carbons (Fsp3) is 0.429. The summed E-state index contributed by atoms with van der Waals surface area (Å²) < 4.78 is 5.08. The van der Waals surface area contributed by atoms with E-state index in [1.54, 1.807) is 6.92 Å². The number of fused-ring (bicyclic) bond motifs is 1. The third-order valence-corrected chi connectivity index (χ3v) is 3.74. The molecule has 0 bridgehead atoms. The van der Waals surface area contributed by atoms with Crippen molar-refractivity contribution in [3.05, 3.63) is 34.6 Å². The molecule has 0 radical (unpaired) electrons. The van der Waals surface area contributed by atoms with Crippen LogP contribution in [-0.2, 0) is 19.3 Å². The highest BCUT2D eigenvalue weighted by atomic mass is 32.1. The Morgan fingerprint density at radius 2 is 2.29 bits per heavy atom. The zero-order valence-electron chi connectivity index (χ0n) is 11.8. The maximum absolute atomic E-state index is 5.81. The van der Waals surface area contributed by atoms with Crippen LogP contribution in [0, 0.1) is 6.92 Å². The maximum Gasteiger partial charge on any atom is 0.228 e. The van der Waals surface area contributed by atoms with E-state index in [0.717, 1.165) is 36.3 Å². The normalized spacial score (nSPS) is 13.2. The van der Waals surface area contributed by atoms with E-state index in [2.05, 4.69) is 26.5 Å². The standard InChI is InChI=1S/C14H17N5OS/c1-8-17-12(20-19-8)5-6-16-14-10(13(15)21)7-9-3-2-4-11(9)18-14/h7H,2-6H2,1H3,(H2,15,21)(H,16,18). The molecule has 1 aliphatic rings. The van der Waals surface area contributed by atoms with Crippen molar-refractivity contribution in [2.45, 2.75) is 32.6 Å². The molecule has 0 fully saturated rings. The first kappa shape index (κ1) is 13.9. The Labute approximate surface area is 128 Å². The van der Waals surface area contributed by atoms with E-state index in [-0.39, 0.29) is 0 Å². The Morgan fingerprint density at radius 1 is 1.43 bits per heavy atom. The van der Waals surface area contributed by atoms with Crippen molar-refractivity contribution in [3.8, 4) is 0 Å². The molecule has 2 heterocycles. The summed E-state index contributed by atoms with van der Waals surface area (Å²) in [6.45, 7) is 2.44. The summed E-state index contributed by atoms with van der Waals surface area (Å²) in [4.78, 5) is 9.20. The molecular weight excluding hydrogens is 286 g/mol. The molecule has 0 aromatic carbocycles. The summed E-state index contributed by atoms with van der Waals surface area (Å²) in [5, 5.41) is 7.04. The van der Waals surface area contributed by atoms with Crippen LogP contribution in [0.2, 0.25) is 0 Å². The molecule has 0 saturated heterocycles. The number of anilines is 1. The van der Waals surface area contributed by atoms with Crippen LogP contribution in [0.5, 0.6) is 0 Å². The van der Waals surface area contributed by atoms with Crippen LogP contribution in [-0.4, -0.2) is 26.7 Å². The average Bonchev–Trinajstić information content (AvgIpc) is 3.06. The molecule has 0 saturated carbocycles. The van der Waals surface area contributed by atoms with Gasteiger partial charge in [0.25, 0.3) is 0 Å². The summed E-state index contributed by atoms with van der Waals surface area (Å²) in [7, 11) is 0. The fourth-order valence-electron chi connectivity index (χ4n) is 2.52. The lowest BCUT2D eigenvalue weighted by Crippen LogP contribution is -2.17. The summed E-state index contributed by atoms with van der Waals surface area (Å²) in [5.74, 6) is 2.00. The number of nitrogens with zero attached hydrogens (tertiary/aromatic N) is 3. The average molecular weight is 303 g/mol. The molecule has 21 heavy (non-hydrogen) atoms. The van der Waals surface area contributed by atoms with E-state index in [1.165, 1.54) is 5.56 Å². The molecule has 3 N–H and O–H groups in total. The first-order valence-electron chi connectivity index (χ1n) is 6.99. The van der Waals surface area contributed by atoms with E-state index in [1.807, 2.05) is 0 Å². The molecule has 0 amide bonds. The first-order chi connectivity index (χ1) is 10.1. The Hall–Kier alpha value is -2.02. The summed E-state index contributed by atoms with van der Waals surface area (Å²) in [6, 6.07) is 2.07. The van der Waals surface area contributed by atoms with Gasteiger partial charge in [0.15, 0.2) is 5.82 Å². The third-order valence-electron chi connectivity index (χ3n) is 3.52. The second kappa shape index (κ2) is 5.77. The molecule has 110 valence electrons. The molecular formula is C14H17N5OS. The molecule has 0 aliphatic heterocycles. The smallest absolute Gasteiger partial charge is 0.228 e. The summed E-state index contributed by atoms with van der Waals surface area (Å²) in [6.07, 6.45) is 3.85. The van der Waals surface area contributed by atoms with Crippen LogP contribution in [0.4, 0.5) is 5.82 Å². The molecule has 6 nitrogen and oxygen atoms in total. The maximum atomic E-state index is 5.81. The number of pyridine rings is 1. The minimum Gasteiger partial charge on any atom is -0.389 e. The van der Waals surface area contributed by atoms with Crippen molar-refractivity contribution >= 4 is 23.0 Å². The molecule has 3 rings (SSSR count). The number of hydrogen-bond donors (Lipinski definition) is 2. The van der Waals surface area contributed by atoms with Crippen molar-refractivity contribution in [1.82, 2.24) is 15.1 Å². The van der Waals surface area contributed by atoms with Gasteiger partial charge in [-0.15, -0.1) is 0 Å². The van der Waals surface area contributed by atoms with Gasteiger partial charge in [-0.25, -0.2) is 4.98 Å². The molecule has 1 aliphatic carbocycles. The highest BCUT2D eigenvalue weighted by Gasteiger charge is 2.17. The van der Waals surface area contributed by atoms with Gasteiger partial charge in [0, 0.05) is 18.7 Å². The van der Waals surface area contributed by atoms with Crippen molar-refractivity contribution in [3.63, 3.8) is 0 Å². The predicted molar refractivity (Wildman–Crippen MR) is 83.4 cm³/mol. The molecule has 2 aromatic rings. The second-order valence-corrected chi connectivity index (χ2v) is 5.56. The SMILES string of the molecule is Cc1noc(CCNc2nc3c(cc2C(N)=S)CCC3)n1. The number of hydrogen-bond acceptors (Lipinski definition) is 6. The van der Waals surface area contributed by atoms with E-state index in [4.69, 9.17) is 22.5 Å². The highest BCUT2D eigenvalue weighted by molar-refractivity contribution is 7.80. The highest BCUT2D eigenvalue weighted by Crippen LogP contribution is 2.25. The minimum atomic E-state index is 0.369. The number of rotatable bonds is 5. The zero-order valence-corrected chi connectivity index (χ0v) is 12.7. The molecule has 2 aromatic heterocycles. The lowest BCUT2D eigenvalue weighted by Gasteiger charge is -2.12. The second-order valence-electron chi connectivity index (χ2n) is 5.12. The van der Waals surface area contributed by atoms with Crippen molar-refractivity contribution in [1.29, 1.82) is 0 Å². The Balaban J connectivity index is 1.73.